The SMILES string of the molecule is Cc1sc(NC(=O)c2ccccc2N)nc1C(F)(F)F. The van der Waals surface area contributed by atoms with E-state index in [1.807, 2.05) is 0 Å². The van der Waals surface area contributed by atoms with Crippen molar-refractivity contribution >= 4 is 28.1 Å². The standard InChI is InChI=1S/C12H10F3N3OS/c1-6-9(12(13,14)15)17-11(20-6)18-10(19)7-4-2-3-5-8(7)16/h2-5H,16H2,1H3,(H,17,18,19). The minimum absolute atomic E-state index is 0.00571. The van der Waals surface area contributed by atoms with Crippen molar-refractivity contribution in [2.45, 2.75) is 13.1 Å². The molecule has 0 saturated carbocycles. The number of carbonyl (C=O) groups is 1. The molecule has 2 aromatic rings. The Labute approximate surface area is 116 Å². The van der Waals surface area contributed by atoms with Gasteiger partial charge in [0.25, 0.3) is 5.91 Å². The summed E-state index contributed by atoms with van der Waals surface area (Å²) in [4.78, 5) is 15.3. The Kier molecular flexibility index (Phi) is 3.67. The molecular weight excluding hydrogens is 291 g/mol. The molecule has 20 heavy (non-hydrogen) atoms. The maximum absolute atomic E-state index is 12.6. The molecule has 0 aliphatic carbocycles. The predicted molar refractivity (Wildman–Crippen MR) is 70.7 cm³/mol. The van der Waals surface area contributed by atoms with E-state index in [1.165, 1.54) is 19.1 Å². The number of para-hydroxylation sites is 1. The van der Waals surface area contributed by atoms with E-state index in [1.54, 1.807) is 12.1 Å². The number of carbonyl (C=O) groups excluding carboxylic acids is 1. The first kappa shape index (κ1) is 14.3. The number of amides is 1. The Hall–Kier alpha value is -2.09. The largest absolute Gasteiger partial charge is 0.434 e. The highest BCUT2D eigenvalue weighted by Gasteiger charge is 2.36. The molecule has 8 heteroatoms. The molecule has 1 aromatic heterocycles. The van der Waals surface area contributed by atoms with Crippen LogP contribution in [0.1, 0.15) is 20.9 Å². The molecule has 106 valence electrons. The van der Waals surface area contributed by atoms with Crippen LogP contribution in [0.15, 0.2) is 24.3 Å². The second kappa shape index (κ2) is 5.12. The first-order valence-electron chi connectivity index (χ1n) is 5.49. The first-order valence-corrected chi connectivity index (χ1v) is 6.31. The van der Waals surface area contributed by atoms with Gasteiger partial charge in [-0.05, 0) is 19.1 Å². The number of nitrogens with one attached hydrogen (secondary N) is 1. The van der Waals surface area contributed by atoms with Crippen molar-refractivity contribution in [1.29, 1.82) is 0 Å². The summed E-state index contributed by atoms with van der Waals surface area (Å²) >= 11 is 0.766. The van der Waals surface area contributed by atoms with Gasteiger partial charge in [-0.2, -0.15) is 13.2 Å². The van der Waals surface area contributed by atoms with Crippen LogP contribution in [0.2, 0.25) is 0 Å². The molecule has 1 aromatic carbocycles. The molecule has 0 spiro atoms. The summed E-state index contributed by atoms with van der Waals surface area (Å²) in [6.45, 7) is 1.30. The highest BCUT2D eigenvalue weighted by atomic mass is 32.1. The molecule has 1 amide bonds. The van der Waals surface area contributed by atoms with Crippen molar-refractivity contribution < 1.29 is 18.0 Å². The monoisotopic (exact) mass is 301 g/mol. The Morgan fingerprint density at radius 3 is 2.55 bits per heavy atom. The van der Waals surface area contributed by atoms with E-state index in [0.717, 1.165) is 11.3 Å². The third kappa shape index (κ3) is 2.90. The molecule has 0 bridgehead atoms. The summed E-state index contributed by atoms with van der Waals surface area (Å²) in [7, 11) is 0. The lowest BCUT2D eigenvalue weighted by Crippen LogP contribution is -2.14. The number of benzene rings is 1. The molecule has 4 nitrogen and oxygen atoms in total. The molecule has 0 radical (unpaired) electrons. The molecule has 0 atom stereocenters. The number of nitrogens with two attached hydrogens (primary N) is 1. The van der Waals surface area contributed by atoms with Crippen molar-refractivity contribution in [3.05, 3.63) is 40.4 Å². The Morgan fingerprint density at radius 1 is 1.35 bits per heavy atom. The summed E-state index contributed by atoms with van der Waals surface area (Å²) in [5.41, 5.74) is 5.07. The summed E-state index contributed by atoms with van der Waals surface area (Å²) < 4.78 is 37.8. The van der Waals surface area contributed by atoms with E-state index >= 15 is 0 Å². The Balaban J connectivity index is 2.23. The number of thiazole rings is 1. The van der Waals surface area contributed by atoms with Crippen LogP contribution in [-0.4, -0.2) is 10.9 Å². The minimum atomic E-state index is -4.53. The fourth-order valence-electron chi connectivity index (χ4n) is 1.58. The number of nitrogen functional groups attached to an aromatic ring is 1. The summed E-state index contributed by atoms with van der Waals surface area (Å²) in [5.74, 6) is -0.592. The van der Waals surface area contributed by atoms with Crippen molar-refractivity contribution in [1.82, 2.24) is 4.98 Å². The number of nitrogens with zero attached hydrogens (tertiary/aromatic N) is 1. The van der Waals surface area contributed by atoms with Gasteiger partial charge in [0, 0.05) is 10.6 Å². The number of hydrogen-bond donors (Lipinski definition) is 2. The summed E-state index contributed by atoms with van der Waals surface area (Å²) in [6, 6.07) is 6.28. The van der Waals surface area contributed by atoms with Crippen LogP contribution in [-0.2, 0) is 6.18 Å². The van der Waals surface area contributed by atoms with Crippen molar-refractivity contribution in [3.8, 4) is 0 Å². The zero-order chi connectivity index (χ0) is 14.9. The average Bonchev–Trinajstić information content (AvgIpc) is 2.70. The van der Waals surface area contributed by atoms with Crippen molar-refractivity contribution in [3.63, 3.8) is 0 Å². The molecule has 2 rings (SSSR count). The first-order chi connectivity index (χ1) is 9.29. The smallest absolute Gasteiger partial charge is 0.398 e. The molecule has 0 aliphatic heterocycles. The van der Waals surface area contributed by atoms with Gasteiger partial charge in [-0.1, -0.05) is 12.1 Å². The normalized spacial score (nSPS) is 11.4. The number of halogens is 3. The molecular formula is C12H10F3N3OS. The average molecular weight is 301 g/mol. The molecule has 0 fully saturated rings. The Bertz CT molecular complexity index is 652. The molecule has 0 aliphatic rings. The van der Waals surface area contributed by atoms with Gasteiger partial charge in [-0.15, -0.1) is 11.3 Å². The van der Waals surface area contributed by atoms with Gasteiger partial charge in [-0.3, -0.25) is 10.1 Å². The topological polar surface area (TPSA) is 68.0 Å². The second-order valence-corrected chi connectivity index (χ2v) is 5.17. The van der Waals surface area contributed by atoms with Gasteiger partial charge in [0.1, 0.15) is 0 Å². The zero-order valence-corrected chi connectivity index (χ0v) is 11.1. The van der Waals surface area contributed by atoms with Crippen molar-refractivity contribution in [2.75, 3.05) is 11.1 Å². The van der Waals surface area contributed by atoms with Gasteiger partial charge in [0.15, 0.2) is 10.8 Å². The predicted octanol–water partition coefficient (Wildman–Crippen LogP) is 3.30. The maximum atomic E-state index is 12.6. The van der Waals surface area contributed by atoms with E-state index < -0.39 is 17.8 Å². The van der Waals surface area contributed by atoms with Gasteiger partial charge in [-0.25, -0.2) is 4.98 Å². The Morgan fingerprint density at radius 2 is 2.00 bits per heavy atom. The molecule has 0 unspecified atom stereocenters. The molecule has 3 N–H and O–H groups in total. The van der Waals surface area contributed by atoms with Crippen LogP contribution in [0.3, 0.4) is 0 Å². The third-order valence-corrected chi connectivity index (χ3v) is 3.38. The number of hydrogen-bond acceptors (Lipinski definition) is 4. The number of rotatable bonds is 2. The molecule has 0 saturated heterocycles. The van der Waals surface area contributed by atoms with Crippen LogP contribution in [0.4, 0.5) is 24.0 Å². The minimum Gasteiger partial charge on any atom is -0.398 e. The second-order valence-electron chi connectivity index (χ2n) is 3.96. The van der Waals surface area contributed by atoms with E-state index in [2.05, 4.69) is 10.3 Å². The highest BCUT2D eigenvalue weighted by Crippen LogP contribution is 2.35. The zero-order valence-electron chi connectivity index (χ0n) is 10.3. The molecule has 1 heterocycles. The lowest BCUT2D eigenvalue weighted by atomic mass is 10.2. The highest BCUT2D eigenvalue weighted by molar-refractivity contribution is 7.15. The number of alkyl halides is 3. The van der Waals surface area contributed by atoms with Crippen LogP contribution in [0.5, 0.6) is 0 Å². The number of aromatic nitrogens is 1. The maximum Gasteiger partial charge on any atom is 0.434 e. The summed E-state index contributed by atoms with van der Waals surface area (Å²) in [5, 5.41) is 2.21. The lowest BCUT2D eigenvalue weighted by Gasteiger charge is -2.04. The summed E-state index contributed by atoms with van der Waals surface area (Å²) in [6.07, 6.45) is -4.53. The third-order valence-electron chi connectivity index (χ3n) is 2.49. The van der Waals surface area contributed by atoms with E-state index in [-0.39, 0.29) is 21.3 Å². The van der Waals surface area contributed by atoms with Gasteiger partial charge >= 0.3 is 6.18 Å². The van der Waals surface area contributed by atoms with Gasteiger partial charge < -0.3 is 5.73 Å². The van der Waals surface area contributed by atoms with Crippen LogP contribution in [0.25, 0.3) is 0 Å². The van der Waals surface area contributed by atoms with Crippen LogP contribution < -0.4 is 11.1 Å². The number of aryl methyl sites for hydroxylation is 1. The van der Waals surface area contributed by atoms with E-state index in [4.69, 9.17) is 5.73 Å². The quantitative estimate of drug-likeness (QED) is 0.836. The van der Waals surface area contributed by atoms with Crippen molar-refractivity contribution in [2.24, 2.45) is 0 Å². The lowest BCUT2D eigenvalue weighted by molar-refractivity contribution is -0.141. The van der Waals surface area contributed by atoms with Gasteiger partial charge in [0.2, 0.25) is 0 Å². The van der Waals surface area contributed by atoms with E-state index in [9.17, 15) is 18.0 Å². The number of anilines is 2. The van der Waals surface area contributed by atoms with Crippen LogP contribution >= 0.6 is 11.3 Å². The fraction of sp³-hybridized carbons (Fsp3) is 0.167. The van der Waals surface area contributed by atoms with E-state index in [0.29, 0.717) is 0 Å². The van der Waals surface area contributed by atoms with Crippen LogP contribution in [0, 0.1) is 6.92 Å². The fourth-order valence-corrected chi connectivity index (χ4v) is 2.41. The van der Waals surface area contributed by atoms with Gasteiger partial charge in [0.05, 0.1) is 5.56 Å².